The minimum absolute atomic E-state index is 0.0853. The second-order valence-electron chi connectivity index (χ2n) is 10.4. The van der Waals surface area contributed by atoms with Crippen molar-refractivity contribution >= 4 is 22.5 Å². The molecule has 1 atom stereocenters. The smallest absolute Gasteiger partial charge is 0.253 e. The van der Waals surface area contributed by atoms with Crippen LogP contribution in [0.15, 0.2) is 78.9 Å². The van der Waals surface area contributed by atoms with E-state index >= 15 is 0 Å². The first-order valence-corrected chi connectivity index (χ1v) is 12.3. The Hall–Kier alpha value is -3.73. The average Bonchev–Trinajstić information content (AvgIpc) is 2.88. The van der Waals surface area contributed by atoms with Gasteiger partial charge in [-0.2, -0.15) is 0 Å². The number of aromatic nitrogens is 2. The quantitative estimate of drug-likeness (QED) is 0.376. The highest BCUT2D eigenvalue weighted by Crippen LogP contribution is 2.34. The van der Waals surface area contributed by atoms with Crippen LogP contribution in [0.25, 0.3) is 22.0 Å². The van der Waals surface area contributed by atoms with Crippen molar-refractivity contribution < 1.29 is 4.79 Å². The van der Waals surface area contributed by atoms with Gasteiger partial charge >= 0.3 is 0 Å². The molecule has 5 nitrogen and oxygen atoms in total. The van der Waals surface area contributed by atoms with Gasteiger partial charge in [0.15, 0.2) is 5.82 Å². The van der Waals surface area contributed by atoms with Crippen LogP contribution in [0.3, 0.4) is 0 Å². The molecule has 1 amide bonds. The predicted octanol–water partition coefficient (Wildman–Crippen LogP) is 5.95. The molecule has 0 radical (unpaired) electrons. The Balaban J connectivity index is 1.44. The van der Waals surface area contributed by atoms with Gasteiger partial charge in [0.25, 0.3) is 5.91 Å². The van der Waals surface area contributed by atoms with E-state index in [1.54, 1.807) is 0 Å². The molecular weight excluding hydrogens is 432 g/mol. The molecule has 4 aromatic rings. The first-order chi connectivity index (χ1) is 16.8. The lowest BCUT2D eigenvalue weighted by atomic mass is 9.86. The second kappa shape index (κ2) is 9.14. The molecule has 0 N–H and O–H groups in total. The van der Waals surface area contributed by atoms with Crippen molar-refractivity contribution in [1.29, 1.82) is 0 Å². The lowest BCUT2D eigenvalue weighted by Crippen LogP contribution is -2.54. The molecule has 178 valence electrons. The SMILES string of the molecule is CC1CN(C(=O)c2ccccc2)CCN1c1nnc(-c2ccc(C(C)(C)C)cc2)c2ccccc12. The number of fused-ring (bicyclic) bond motifs is 1. The summed E-state index contributed by atoms with van der Waals surface area (Å²) in [5.41, 5.74) is 4.11. The molecule has 5 rings (SSSR count). The van der Waals surface area contributed by atoms with Crippen molar-refractivity contribution in [2.75, 3.05) is 24.5 Å². The number of carbonyl (C=O) groups is 1. The van der Waals surface area contributed by atoms with Gasteiger partial charge in [0.05, 0.1) is 0 Å². The van der Waals surface area contributed by atoms with Gasteiger partial charge in [-0.05, 0) is 30.0 Å². The average molecular weight is 465 g/mol. The van der Waals surface area contributed by atoms with Crippen molar-refractivity contribution in [2.45, 2.75) is 39.2 Å². The zero-order valence-electron chi connectivity index (χ0n) is 20.9. The normalized spacial score (nSPS) is 16.5. The van der Waals surface area contributed by atoms with E-state index in [2.05, 4.69) is 81.1 Å². The number of hydrogen-bond acceptors (Lipinski definition) is 4. The first kappa shape index (κ1) is 23.0. The molecule has 5 heteroatoms. The maximum atomic E-state index is 13.0. The van der Waals surface area contributed by atoms with Crippen LogP contribution >= 0.6 is 0 Å². The number of carbonyl (C=O) groups excluding carboxylic acids is 1. The molecule has 35 heavy (non-hydrogen) atoms. The summed E-state index contributed by atoms with van der Waals surface area (Å²) in [6.07, 6.45) is 0. The van der Waals surface area contributed by atoms with Crippen LogP contribution in [-0.2, 0) is 5.41 Å². The van der Waals surface area contributed by atoms with Gasteiger partial charge in [-0.15, -0.1) is 10.2 Å². The van der Waals surface area contributed by atoms with E-state index in [0.29, 0.717) is 13.1 Å². The van der Waals surface area contributed by atoms with Gasteiger partial charge in [0, 0.05) is 47.6 Å². The number of amides is 1. The standard InChI is InChI=1S/C30H32N4O/c1-21-20-33(29(35)23-10-6-5-7-11-23)18-19-34(21)28-26-13-9-8-12-25(26)27(31-32-28)22-14-16-24(17-15-22)30(2,3)4/h5-17,21H,18-20H2,1-4H3. The lowest BCUT2D eigenvalue weighted by molar-refractivity contribution is 0.0726. The molecule has 1 saturated heterocycles. The first-order valence-electron chi connectivity index (χ1n) is 12.3. The fourth-order valence-electron chi connectivity index (χ4n) is 4.86. The van der Waals surface area contributed by atoms with E-state index in [4.69, 9.17) is 10.2 Å². The number of hydrogen-bond donors (Lipinski definition) is 0. The van der Waals surface area contributed by atoms with E-state index < -0.39 is 0 Å². The van der Waals surface area contributed by atoms with Gasteiger partial charge in [0.2, 0.25) is 0 Å². The number of nitrogens with zero attached hydrogens (tertiary/aromatic N) is 4. The summed E-state index contributed by atoms with van der Waals surface area (Å²) < 4.78 is 0. The molecule has 0 aliphatic carbocycles. The molecule has 0 saturated carbocycles. The van der Waals surface area contributed by atoms with Gasteiger partial charge in [-0.25, -0.2) is 0 Å². The van der Waals surface area contributed by atoms with Crippen molar-refractivity contribution in [2.24, 2.45) is 0 Å². The highest BCUT2D eigenvalue weighted by molar-refractivity contribution is 6.00. The topological polar surface area (TPSA) is 49.3 Å². The maximum absolute atomic E-state index is 13.0. The molecule has 0 bridgehead atoms. The zero-order valence-corrected chi connectivity index (χ0v) is 20.9. The third-order valence-corrected chi connectivity index (χ3v) is 6.90. The van der Waals surface area contributed by atoms with Gasteiger partial charge in [-0.3, -0.25) is 4.79 Å². The van der Waals surface area contributed by atoms with Crippen LogP contribution in [-0.4, -0.2) is 46.7 Å². The molecule has 2 heterocycles. The summed E-state index contributed by atoms with van der Waals surface area (Å²) in [6.45, 7) is 10.9. The van der Waals surface area contributed by atoms with Crippen molar-refractivity contribution in [1.82, 2.24) is 15.1 Å². The Labute approximate surface area is 207 Å². The van der Waals surface area contributed by atoms with E-state index in [0.717, 1.165) is 40.0 Å². The Bertz CT molecular complexity index is 1340. The van der Waals surface area contributed by atoms with E-state index in [1.165, 1.54) is 5.56 Å². The van der Waals surface area contributed by atoms with Gasteiger partial charge < -0.3 is 9.80 Å². The summed E-state index contributed by atoms with van der Waals surface area (Å²) >= 11 is 0. The van der Waals surface area contributed by atoms with E-state index in [-0.39, 0.29) is 17.4 Å². The monoisotopic (exact) mass is 464 g/mol. The number of piperazine rings is 1. The molecule has 1 aromatic heterocycles. The summed E-state index contributed by atoms with van der Waals surface area (Å²) in [5.74, 6) is 0.970. The van der Waals surface area contributed by atoms with E-state index in [1.807, 2.05) is 35.2 Å². The number of rotatable bonds is 3. The lowest BCUT2D eigenvalue weighted by Gasteiger charge is -2.40. The molecule has 1 fully saturated rings. The van der Waals surface area contributed by atoms with Crippen molar-refractivity contribution in [3.8, 4) is 11.3 Å². The number of benzene rings is 3. The van der Waals surface area contributed by atoms with Crippen molar-refractivity contribution in [3.05, 3.63) is 90.0 Å². The minimum atomic E-state index is 0.0853. The summed E-state index contributed by atoms with van der Waals surface area (Å²) in [6, 6.07) is 26.7. The number of anilines is 1. The summed E-state index contributed by atoms with van der Waals surface area (Å²) in [4.78, 5) is 17.2. The Kier molecular flexibility index (Phi) is 6.01. The maximum Gasteiger partial charge on any atom is 0.253 e. The second-order valence-corrected chi connectivity index (χ2v) is 10.4. The fourth-order valence-corrected chi connectivity index (χ4v) is 4.86. The van der Waals surface area contributed by atoms with E-state index in [9.17, 15) is 4.79 Å². The summed E-state index contributed by atoms with van der Waals surface area (Å²) in [7, 11) is 0. The molecule has 0 spiro atoms. The van der Waals surface area contributed by atoms with Crippen LogP contribution in [0.1, 0.15) is 43.6 Å². The van der Waals surface area contributed by atoms with Crippen LogP contribution in [0.5, 0.6) is 0 Å². The highest BCUT2D eigenvalue weighted by atomic mass is 16.2. The summed E-state index contributed by atoms with van der Waals surface area (Å²) in [5, 5.41) is 11.6. The van der Waals surface area contributed by atoms with Crippen LogP contribution in [0, 0.1) is 0 Å². The Morgan fingerprint density at radius 3 is 2.14 bits per heavy atom. The largest absolute Gasteiger partial charge is 0.348 e. The zero-order chi connectivity index (χ0) is 24.6. The highest BCUT2D eigenvalue weighted by Gasteiger charge is 2.29. The van der Waals surface area contributed by atoms with Crippen LogP contribution in [0.4, 0.5) is 5.82 Å². The van der Waals surface area contributed by atoms with Crippen LogP contribution in [0.2, 0.25) is 0 Å². The molecular formula is C30H32N4O. The molecule has 1 unspecified atom stereocenters. The Morgan fingerprint density at radius 2 is 1.49 bits per heavy atom. The third kappa shape index (κ3) is 4.51. The minimum Gasteiger partial charge on any atom is -0.348 e. The third-order valence-electron chi connectivity index (χ3n) is 6.90. The Morgan fingerprint density at radius 1 is 0.829 bits per heavy atom. The fraction of sp³-hybridized carbons (Fsp3) is 0.300. The molecule has 1 aliphatic heterocycles. The predicted molar refractivity (Wildman–Crippen MR) is 143 cm³/mol. The molecule has 3 aromatic carbocycles. The van der Waals surface area contributed by atoms with Crippen molar-refractivity contribution in [3.63, 3.8) is 0 Å². The molecule has 1 aliphatic rings. The van der Waals surface area contributed by atoms with Gasteiger partial charge in [-0.1, -0.05) is 87.5 Å². The van der Waals surface area contributed by atoms with Gasteiger partial charge in [0.1, 0.15) is 5.69 Å². The van der Waals surface area contributed by atoms with Crippen LogP contribution < -0.4 is 4.90 Å².